The summed E-state index contributed by atoms with van der Waals surface area (Å²) in [5.74, 6) is 0.126. The number of Topliss-reactive ketones (excluding diaryl/α,β-unsaturated/α-hetero) is 1. The first-order valence-corrected chi connectivity index (χ1v) is 8.65. The van der Waals surface area contributed by atoms with E-state index in [-0.39, 0.29) is 5.78 Å². The van der Waals surface area contributed by atoms with Gasteiger partial charge < -0.3 is 0 Å². The Kier molecular flexibility index (Phi) is 8.26. The van der Waals surface area contributed by atoms with Crippen LogP contribution in [-0.4, -0.2) is 11.1 Å². The first-order chi connectivity index (χ1) is 9.17. The monoisotopic (exact) mass is 446 g/mol. The highest BCUT2D eigenvalue weighted by Crippen LogP contribution is 2.12. The first-order valence-electron chi connectivity index (χ1n) is 5.62. The topological polar surface area (TPSA) is 17.1 Å². The fraction of sp³-hybridized carbons (Fsp3) is 0.133. The zero-order valence-corrected chi connectivity index (χ0v) is 14.9. The second kappa shape index (κ2) is 9.45. The standard InChI is InChI=1S/C8H7BrO.C7H6Br2/c9-6-8(10)7-4-2-1-3-5-7;8-5-6-1-3-7(9)4-2-6/h1-5H,6H2;1-4H,5H2. The number of alkyl halides is 2. The number of halogens is 3. The third-order valence-corrected chi connectivity index (χ3v) is 3.97. The number of rotatable bonds is 3. The molecule has 0 radical (unpaired) electrons. The summed E-state index contributed by atoms with van der Waals surface area (Å²) in [6, 6.07) is 17.5. The first kappa shape index (κ1) is 16.6. The van der Waals surface area contributed by atoms with Crippen LogP contribution in [0.4, 0.5) is 0 Å². The van der Waals surface area contributed by atoms with E-state index in [1.807, 2.05) is 42.5 Å². The van der Waals surface area contributed by atoms with Crippen LogP contribution in [-0.2, 0) is 5.33 Å². The maximum atomic E-state index is 11.0. The molecule has 0 aliphatic heterocycles. The van der Waals surface area contributed by atoms with Crippen molar-refractivity contribution in [3.63, 3.8) is 0 Å². The van der Waals surface area contributed by atoms with E-state index in [4.69, 9.17) is 0 Å². The Bertz CT molecular complexity index is 495. The molecule has 0 unspecified atom stereocenters. The van der Waals surface area contributed by atoms with E-state index in [1.165, 1.54) is 5.56 Å². The number of benzene rings is 2. The molecule has 0 bridgehead atoms. The molecule has 0 atom stereocenters. The van der Waals surface area contributed by atoms with Crippen molar-refractivity contribution in [3.05, 3.63) is 70.2 Å². The smallest absolute Gasteiger partial charge is 0.173 e. The lowest BCUT2D eigenvalue weighted by atomic mass is 10.2. The average Bonchev–Trinajstić information content (AvgIpc) is 2.49. The Morgan fingerprint density at radius 2 is 1.47 bits per heavy atom. The van der Waals surface area contributed by atoms with Gasteiger partial charge in [-0.1, -0.05) is 90.3 Å². The molecule has 4 heteroatoms. The summed E-state index contributed by atoms with van der Waals surface area (Å²) in [4.78, 5) is 11.0. The molecule has 0 N–H and O–H groups in total. The zero-order chi connectivity index (χ0) is 14.1. The van der Waals surface area contributed by atoms with Crippen molar-refractivity contribution in [2.75, 3.05) is 5.33 Å². The summed E-state index contributed by atoms with van der Waals surface area (Å²) in [7, 11) is 0. The Labute approximate surface area is 138 Å². The summed E-state index contributed by atoms with van der Waals surface area (Å²) in [5, 5.41) is 1.33. The number of carbonyl (C=O) groups is 1. The lowest BCUT2D eigenvalue weighted by molar-refractivity contribution is 0.102. The average molecular weight is 449 g/mol. The van der Waals surface area contributed by atoms with Gasteiger partial charge in [0.15, 0.2) is 5.78 Å². The SMILES string of the molecule is BrCc1ccc(Br)cc1.O=C(CBr)c1ccccc1. The number of hydrogen-bond acceptors (Lipinski definition) is 1. The minimum Gasteiger partial charge on any atom is -0.293 e. The highest BCUT2D eigenvalue weighted by Gasteiger charge is 1.99. The second-order valence-electron chi connectivity index (χ2n) is 3.68. The third kappa shape index (κ3) is 6.50. The van der Waals surface area contributed by atoms with Crippen LogP contribution in [0.5, 0.6) is 0 Å². The van der Waals surface area contributed by atoms with Gasteiger partial charge in [-0.2, -0.15) is 0 Å². The second-order valence-corrected chi connectivity index (χ2v) is 5.72. The quantitative estimate of drug-likeness (QED) is 0.440. The lowest BCUT2D eigenvalue weighted by Gasteiger charge is -1.92. The van der Waals surface area contributed by atoms with Crippen molar-refractivity contribution in [2.45, 2.75) is 5.33 Å². The van der Waals surface area contributed by atoms with Crippen molar-refractivity contribution in [1.29, 1.82) is 0 Å². The molecule has 0 aliphatic rings. The van der Waals surface area contributed by atoms with Gasteiger partial charge in [0, 0.05) is 15.4 Å². The van der Waals surface area contributed by atoms with E-state index in [0.717, 1.165) is 15.4 Å². The molecule has 2 rings (SSSR count). The van der Waals surface area contributed by atoms with Gasteiger partial charge in [-0.15, -0.1) is 0 Å². The molecule has 0 aromatic heterocycles. The normalized spacial score (nSPS) is 9.42. The Morgan fingerprint density at radius 3 is 1.95 bits per heavy atom. The molecule has 19 heavy (non-hydrogen) atoms. The molecule has 0 saturated carbocycles. The fourth-order valence-corrected chi connectivity index (χ4v) is 2.24. The van der Waals surface area contributed by atoms with Gasteiger partial charge in [0.25, 0.3) is 0 Å². The maximum Gasteiger partial charge on any atom is 0.173 e. The molecule has 1 nitrogen and oxygen atoms in total. The predicted octanol–water partition coefficient (Wildman–Crippen LogP) is 5.61. The molecule has 0 fully saturated rings. The third-order valence-electron chi connectivity index (χ3n) is 2.28. The van der Waals surface area contributed by atoms with E-state index >= 15 is 0 Å². The fourth-order valence-electron chi connectivity index (χ4n) is 1.27. The van der Waals surface area contributed by atoms with Crippen LogP contribution in [0, 0.1) is 0 Å². The number of ketones is 1. The minimum atomic E-state index is 0.126. The molecule has 0 aliphatic carbocycles. The summed E-state index contributed by atoms with van der Waals surface area (Å²) in [5.41, 5.74) is 2.07. The lowest BCUT2D eigenvalue weighted by Crippen LogP contribution is -1.98. The molecular weight excluding hydrogens is 436 g/mol. The van der Waals surface area contributed by atoms with Gasteiger partial charge >= 0.3 is 0 Å². The van der Waals surface area contributed by atoms with Gasteiger partial charge in [0.05, 0.1) is 5.33 Å². The Balaban J connectivity index is 0.000000191. The zero-order valence-electron chi connectivity index (χ0n) is 10.2. The van der Waals surface area contributed by atoms with E-state index < -0.39 is 0 Å². The highest BCUT2D eigenvalue weighted by molar-refractivity contribution is 9.10. The highest BCUT2D eigenvalue weighted by atomic mass is 79.9. The number of carbonyl (C=O) groups excluding carboxylic acids is 1. The maximum absolute atomic E-state index is 11.0. The van der Waals surface area contributed by atoms with E-state index in [9.17, 15) is 4.79 Å². The molecule has 0 amide bonds. The minimum absolute atomic E-state index is 0.126. The molecule has 0 spiro atoms. The van der Waals surface area contributed by atoms with Crippen LogP contribution in [0.25, 0.3) is 0 Å². The van der Waals surface area contributed by atoms with E-state index in [0.29, 0.717) is 5.33 Å². The van der Waals surface area contributed by atoms with Crippen molar-refractivity contribution in [2.24, 2.45) is 0 Å². The van der Waals surface area contributed by atoms with Gasteiger partial charge in [0.2, 0.25) is 0 Å². The van der Waals surface area contributed by atoms with Gasteiger partial charge in [-0.05, 0) is 17.7 Å². The van der Waals surface area contributed by atoms with Gasteiger partial charge in [-0.3, -0.25) is 4.79 Å². The van der Waals surface area contributed by atoms with E-state index in [1.54, 1.807) is 0 Å². The van der Waals surface area contributed by atoms with Crippen molar-refractivity contribution >= 4 is 53.6 Å². The van der Waals surface area contributed by atoms with Crippen LogP contribution in [0.2, 0.25) is 0 Å². The molecule has 100 valence electrons. The number of hydrogen-bond donors (Lipinski definition) is 0. The predicted molar refractivity (Wildman–Crippen MR) is 91.3 cm³/mol. The molecule has 0 saturated heterocycles. The van der Waals surface area contributed by atoms with Crippen LogP contribution in [0.15, 0.2) is 59.1 Å². The summed E-state index contributed by atoms with van der Waals surface area (Å²) < 4.78 is 1.13. The summed E-state index contributed by atoms with van der Waals surface area (Å²) >= 11 is 9.83. The van der Waals surface area contributed by atoms with Gasteiger partial charge in [0.1, 0.15) is 0 Å². The molecule has 0 heterocycles. The van der Waals surface area contributed by atoms with Crippen LogP contribution >= 0.6 is 47.8 Å². The molecule has 2 aromatic rings. The summed E-state index contributed by atoms with van der Waals surface area (Å²) in [6.07, 6.45) is 0. The van der Waals surface area contributed by atoms with Crippen molar-refractivity contribution in [3.8, 4) is 0 Å². The van der Waals surface area contributed by atoms with E-state index in [2.05, 4.69) is 59.9 Å². The van der Waals surface area contributed by atoms with Crippen LogP contribution < -0.4 is 0 Å². The molecule has 2 aromatic carbocycles. The van der Waals surface area contributed by atoms with Crippen LogP contribution in [0.3, 0.4) is 0 Å². The summed E-state index contributed by atoms with van der Waals surface area (Å²) in [6.45, 7) is 0. The van der Waals surface area contributed by atoms with Crippen LogP contribution in [0.1, 0.15) is 15.9 Å². The Hall–Kier alpha value is -0.450. The molecular formula is C15H13Br3O. The van der Waals surface area contributed by atoms with Crippen molar-refractivity contribution < 1.29 is 4.79 Å². The largest absolute Gasteiger partial charge is 0.293 e. The Morgan fingerprint density at radius 1 is 0.895 bits per heavy atom. The van der Waals surface area contributed by atoms with Crippen molar-refractivity contribution in [1.82, 2.24) is 0 Å². The van der Waals surface area contributed by atoms with Gasteiger partial charge in [-0.25, -0.2) is 0 Å².